The Bertz CT molecular complexity index is 978. The van der Waals surface area contributed by atoms with E-state index < -0.39 is 23.1 Å². The lowest BCUT2D eigenvalue weighted by atomic mass is 10.0. The van der Waals surface area contributed by atoms with E-state index in [-0.39, 0.29) is 36.9 Å². The Hall–Kier alpha value is -3.00. The predicted octanol–water partition coefficient (Wildman–Crippen LogP) is 2.39. The number of halogens is 3. The fourth-order valence-electron chi connectivity index (χ4n) is 3.07. The predicted molar refractivity (Wildman–Crippen MR) is 105 cm³/mol. The lowest BCUT2D eigenvalue weighted by Crippen LogP contribution is -2.48. The summed E-state index contributed by atoms with van der Waals surface area (Å²) in [4.78, 5) is 30.5. The highest BCUT2D eigenvalue weighted by atomic mass is 35.5. The van der Waals surface area contributed by atoms with Crippen LogP contribution in [0.25, 0.3) is 0 Å². The molecule has 0 saturated carbocycles. The average Bonchev–Trinajstić information content (AvgIpc) is 2.83. The highest BCUT2D eigenvalue weighted by molar-refractivity contribution is 6.30. The van der Waals surface area contributed by atoms with Crippen LogP contribution >= 0.6 is 11.6 Å². The zero-order chi connectivity index (χ0) is 21.2. The lowest BCUT2D eigenvalue weighted by molar-refractivity contribution is -0.131. The molecule has 0 aromatic heterocycles. The van der Waals surface area contributed by atoms with Crippen molar-refractivity contribution in [3.8, 4) is 0 Å². The molecular weight excluding hydrogens is 402 g/mol. The number of aliphatic imine (C=N–C) groups is 1. The first kappa shape index (κ1) is 20.7. The number of hydrogen-bond donors (Lipinski definition) is 2. The van der Waals surface area contributed by atoms with Crippen molar-refractivity contribution in [1.29, 1.82) is 0 Å². The molecule has 3 rings (SSSR count). The molecule has 0 radical (unpaired) electrons. The highest BCUT2D eigenvalue weighted by Gasteiger charge is 2.44. The van der Waals surface area contributed by atoms with Gasteiger partial charge in [-0.05, 0) is 42.3 Å². The number of nitrogens with zero attached hydrogens (tertiary/aromatic N) is 2. The summed E-state index contributed by atoms with van der Waals surface area (Å²) < 4.78 is 26.5. The van der Waals surface area contributed by atoms with Gasteiger partial charge >= 0.3 is 0 Å². The van der Waals surface area contributed by atoms with Crippen LogP contribution in [0.5, 0.6) is 0 Å². The minimum absolute atomic E-state index is 0.0407. The van der Waals surface area contributed by atoms with Crippen molar-refractivity contribution >= 4 is 29.4 Å². The van der Waals surface area contributed by atoms with Crippen LogP contribution in [0.1, 0.15) is 18.1 Å². The standard InChI is InChI=1S/C20H19ClF2N4O2/c1-20(11-25-17(28)8-13-6-15(22)9-16(23)7-13)18(29)27(19(24)26-20)10-12-3-2-4-14(21)5-12/h2-7,9H,8,10-11H2,1H3,(H2,24,26)(H,25,28). The Kier molecular flexibility index (Phi) is 5.83. The summed E-state index contributed by atoms with van der Waals surface area (Å²) in [5, 5.41) is 3.12. The molecule has 0 saturated heterocycles. The third-order valence-electron chi connectivity index (χ3n) is 4.49. The molecule has 1 aliphatic heterocycles. The maximum Gasteiger partial charge on any atom is 0.259 e. The van der Waals surface area contributed by atoms with Gasteiger partial charge in [0.15, 0.2) is 11.5 Å². The summed E-state index contributed by atoms with van der Waals surface area (Å²) in [6.07, 6.45) is -0.232. The number of rotatable bonds is 6. The van der Waals surface area contributed by atoms with Gasteiger partial charge in [0.1, 0.15) is 11.6 Å². The Morgan fingerprint density at radius 3 is 2.55 bits per heavy atom. The van der Waals surface area contributed by atoms with Crippen LogP contribution in [-0.4, -0.2) is 34.8 Å². The van der Waals surface area contributed by atoms with Gasteiger partial charge in [-0.3, -0.25) is 14.5 Å². The Morgan fingerprint density at radius 2 is 1.90 bits per heavy atom. The summed E-state index contributed by atoms with van der Waals surface area (Å²) in [6, 6.07) is 9.89. The van der Waals surface area contributed by atoms with Gasteiger partial charge in [0.25, 0.3) is 5.91 Å². The molecule has 1 atom stereocenters. The third-order valence-corrected chi connectivity index (χ3v) is 4.73. The Balaban J connectivity index is 1.63. The molecule has 29 heavy (non-hydrogen) atoms. The molecule has 2 aromatic carbocycles. The van der Waals surface area contributed by atoms with E-state index in [1.807, 2.05) is 6.07 Å². The molecule has 6 nitrogen and oxygen atoms in total. The normalized spacial score (nSPS) is 18.7. The Labute approximate surface area is 171 Å². The molecule has 2 aromatic rings. The molecule has 0 fully saturated rings. The first-order valence-electron chi connectivity index (χ1n) is 8.80. The van der Waals surface area contributed by atoms with Crippen LogP contribution < -0.4 is 11.1 Å². The molecule has 3 N–H and O–H groups in total. The van der Waals surface area contributed by atoms with Gasteiger partial charge < -0.3 is 11.1 Å². The van der Waals surface area contributed by atoms with Gasteiger partial charge in [-0.15, -0.1) is 0 Å². The van der Waals surface area contributed by atoms with Crippen molar-refractivity contribution in [1.82, 2.24) is 10.2 Å². The smallest absolute Gasteiger partial charge is 0.259 e. The first-order valence-corrected chi connectivity index (χ1v) is 9.17. The van der Waals surface area contributed by atoms with E-state index in [9.17, 15) is 18.4 Å². The monoisotopic (exact) mass is 420 g/mol. The summed E-state index contributed by atoms with van der Waals surface area (Å²) in [5.41, 5.74) is 5.62. The van der Waals surface area contributed by atoms with Gasteiger partial charge in [-0.2, -0.15) is 0 Å². The molecule has 9 heteroatoms. The number of nitrogens with one attached hydrogen (secondary N) is 1. The number of benzene rings is 2. The first-order chi connectivity index (χ1) is 13.7. The second-order valence-electron chi connectivity index (χ2n) is 7.00. The second-order valence-corrected chi connectivity index (χ2v) is 7.43. The third kappa shape index (κ3) is 4.89. The molecule has 1 aliphatic rings. The molecule has 2 amide bonds. The van der Waals surface area contributed by atoms with Crippen molar-refractivity contribution < 1.29 is 18.4 Å². The lowest BCUT2D eigenvalue weighted by Gasteiger charge is -2.22. The summed E-state index contributed by atoms with van der Waals surface area (Å²) in [6.45, 7) is 1.65. The second kappa shape index (κ2) is 8.16. The minimum atomic E-state index is -1.27. The fourth-order valence-corrected chi connectivity index (χ4v) is 3.29. The van der Waals surface area contributed by atoms with Gasteiger partial charge in [0, 0.05) is 11.1 Å². The maximum atomic E-state index is 13.3. The molecule has 152 valence electrons. The summed E-state index contributed by atoms with van der Waals surface area (Å²) >= 11 is 5.97. The van der Waals surface area contributed by atoms with E-state index in [1.54, 1.807) is 25.1 Å². The van der Waals surface area contributed by atoms with Crippen LogP contribution in [0.3, 0.4) is 0 Å². The zero-order valence-corrected chi connectivity index (χ0v) is 16.3. The molecule has 0 bridgehead atoms. The Morgan fingerprint density at radius 1 is 1.21 bits per heavy atom. The van der Waals surface area contributed by atoms with E-state index in [2.05, 4.69) is 10.3 Å². The number of carbonyl (C=O) groups is 2. The molecule has 1 heterocycles. The van der Waals surface area contributed by atoms with E-state index >= 15 is 0 Å². The summed E-state index contributed by atoms with van der Waals surface area (Å²) in [5.74, 6) is -2.35. The fraction of sp³-hybridized carbons (Fsp3) is 0.250. The topological polar surface area (TPSA) is 87.8 Å². The van der Waals surface area contributed by atoms with Crippen LogP contribution in [0.2, 0.25) is 5.02 Å². The van der Waals surface area contributed by atoms with Gasteiger partial charge in [0.05, 0.1) is 19.5 Å². The summed E-state index contributed by atoms with van der Waals surface area (Å²) in [7, 11) is 0. The largest absolute Gasteiger partial charge is 0.369 e. The van der Waals surface area contributed by atoms with Crippen LogP contribution in [0.15, 0.2) is 47.5 Å². The quantitative estimate of drug-likeness (QED) is 0.752. The molecule has 1 unspecified atom stereocenters. The van der Waals surface area contributed by atoms with Crippen LogP contribution in [0.4, 0.5) is 8.78 Å². The maximum absolute atomic E-state index is 13.3. The van der Waals surface area contributed by atoms with Crippen molar-refractivity contribution in [2.75, 3.05) is 6.54 Å². The van der Waals surface area contributed by atoms with Gasteiger partial charge in [0.2, 0.25) is 5.91 Å². The number of carbonyl (C=O) groups excluding carboxylic acids is 2. The van der Waals surface area contributed by atoms with E-state index in [0.29, 0.717) is 5.02 Å². The van der Waals surface area contributed by atoms with Crippen molar-refractivity contribution in [2.45, 2.75) is 25.4 Å². The van der Waals surface area contributed by atoms with E-state index in [4.69, 9.17) is 17.3 Å². The van der Waals surface area contributed by atoms with E-state index in [1.165, 1.54) is 4.90 Å². The molecule has 0 aliphatic carbocycles. The molecule has 0 spiro atoms. The molecular formula is C20H19ClF2N4O2. The SMILES string of the molecule is CC1(CNC(=O)Cc2cc(F)cc(F)c2)N=C(N)N(Cc2cccc(Cl)c2)C1=O. The number of hydrogen-bond acceptors (Lipinski definition) is 4. The average molecular weight is 421 g/mol. The van der Waals surface area contributed by atoms with Crippen molar-refractivity contribution in [2.24, 2.45) is 10.7 Å². The number of amides is 2. The minimum Gasteiger partial charge on any atom is -0.369 e. The zero-order valence-electron chi connectivity index (χ0n) is 15.6. The van der Waals surface area contributed by atoms with Crippen molar-refractivity contribution in [3.63, 3.8) is 0 Å². The highest BCUT2D eigenvalue weighted by Crippen LogP contribution is 2.23. The van der Waals surface area contributed by atoms with Gasteiger partial charge in [-0.25, -0.2) is 13.8 Å². The van der Waals surface area contributed by atoms with Crippen molar-refractivity contribution in [3.05, 3.63) is 70.2 Å². The number of guanidine groups is 1. The number of nitrogens with two attached hydrogens (primary N) is 1. The van der Waals surface area contributed by atoms with Crippen LogP contribution in [0, 0.1) is 11.6 Å². The van der Waals surface area contributed by atoms with Crippen LogP contribution in [-0.2, 0) is 22.6 Å². The van der Waals surface area contributed by atoms with E-state index in [0.717, 1.165) is 23.8 Å². The van der Waals surface area contributed by atoms with Gasteiger partial charge in [-0.1, -0.05) is 23.7 Å².